The summed E-state index contributed by atoms with van der Waals surface area (Å²) in [4.78, 5) is 11.7. The molecule has 0 bridgehead atoms. The zero-order valence-corrected chi connectivity index (χ0v) is 11.5. The molecule has 0 aliphatic carbocycles. The fraction of sp³-hybridized carbons (Fsp3) is 0.500. The van der Waals surface area contributed by atoms with Crippen LogP contribution >= 0.6 is 11.6 Å². The van der Waals surface area contributed by atoms with E-state index in [0.717, 1.165) is 17.7 Å². The highest BCUT2D eigenvalue weighted by atomic mass is 35.5. The summed E-state index contributed by atoms with van der Waals surface area (Å²) < 4.78 is 0. The Morgan fingerprint density at radius 2 is 2.12 bits per heavy atom. The molecule has 3 heteroatoms. The number of nitrogens with one attached hydrogen (secondary N) is 1. The molecule has 0 fully saturated rings. The van der Waals surface area contributed by atoms with E-state index in [0.29, 0.717) is 23.9 Å². The van der Waals surface area contributed by atoms with Crippen LogP contribution in [-0.4, -0.2) is 18.4 Å². The average Bonchev–Trinajstić information content (AvgIpc) is 2.21. The molecule has 0 spiro atoms. The van der Waals surface area contributed by atoms with Crippen LogP contribution in [0, 0.1) is 6.92 Å². The van der Waals surface area contributed by atoms with Crippen molar-refractivity contribution in [3.63, 3.8) is 0 Å². The molecule has 17 heavy (non-hydrogen) atoms. The lowest BCUT2D eigenvalue weighted by Gasteiger charge is -2.08. The molecular weight excluding hydrogens is 234 g/mol. The largest absolute Gasteiger partial charge is 0.314 e. The Bertz CT molecular complexity index is 388. The van der Waals surface area contributed by atoms with Gasteiger partial charge in [0.1, 0.15) is 5.78 Å². The van der Waals surface area contributed by atoms with Gasteiger partial charge in [-0.05, 0) is 24.1 Å². The molecule has 0 atom stereocenters. The van der Waals surface area contributed by atoms with E-state index in [-0.39, 0.29) is 5.78 Å². The van der Waals surface area contributed by atoms with E-state index in [1.807, 2.05) is 25.1 Å². The smallest absolute Gasteiger partial charge is 0.138 e. The van der Waals surface area contributed by atoms with Crippen LogP contribution in [0.15, 0.2) is 18.2 Å². The van der Waals surface area contributed by atoms with Crippen molar-refractivity contribution in [1.29, 1.82) is 0 Å². The summed E-state index contributed by atoms with van der Waals surface area (Å²) in [7, 11) is 0. The lowest BCUT2D eigenvalue weighted by atomic mass is 10.1. The molecule has 1 aromatic rings. The van der Waals surface area contributed by atoms with E-state index in [1.165, 1.54) is 0 Å². The van der Waals surface area contributed by atoms with Crippen molar-refractivity contribution in [2.24, 2.45) is 0 Å². The van der Waals surface area contributed by atoms with Gasteiger partial charge in [0.15, 0.2) is 0 Å². The molecule has 0 amide bonds. The van der Waals surface area contributed by atoms with Gasteiger partial charge in [-0.15, -0.1) is 0 Å². The highest BCUT2D eigenvalue weighted by Gasteiger charge is 2.07. The molecule has 1 N–H and O–H groups in total. The van der Waals surface area contributed by atoms with Gasteiger partial charge < -0.3 is 5.32 Å². The molecule has 2 nitrogen and oxygen atoms in total. The molecule has 1 rings (SSSR count). The quantitative estimate of drug-likeness (QED) is 0.844. The number of rotatable bonds is 6. The van der Waals surface area contributed by atoms with E-state index in [2.05, 4.69) is 19.2 Å². The Morgan fingerprint density at radius 3 is 2.71 bits per heavy atom. The van der Waals surface area contributed by atoms with Crippen molar-refractivity contribution < 1.29 is 4.79 Å². The second-order valence-electron chi connectivity index (χ2n) is 4.67. The van der Waals surface area contributed by atoms with Gasteiger partial charge in [0, 0.05) is 30.5 Å². The van der Waals surface area contributed by atoms with E-state index in [1.54, 1.807) is 0 Å². The number of carbonyl (C=O) groups is 1. The molecule has 0 aliphatic rings. The summed E-state index contributed by atoms with van der Waals surface area (Å²) in [6.45, 7) is 6.87. The first-order valence-electron chi connectivity index (χ1n) is 5.99. The van der Waals surface area contributed by atoms with Crippen molar-refractivity contribution in [2.75, 3.05) is 6.54 Å². The lowest BCUT2D eigenvalue weighted by molar-refractivity contribution is -0.118. The zero-order chi connectivity index (χ0) is 12.8. The van der Waals surface area contributed by atoms with Crippen LogP contribution in [-0.2, 0) is 11.2 Å². The lowest BCUT2D eigenvalue weighted by Crippen LogP contribution is -2.25. The third-order valence-electron chi connectivity index (χ3n) is 2.55. The van der Waals surface area contributed by atoms with Crippen molar-refractivity contribution in [1.82, 2.24) is 5.32 Å². The Labute approximate surface area is 108 Å². The monoisotopic (exact) mass is 253 g/mol. The molecule has 0 saturated heterocycles. The minimum absolute atomic E-state index is 0.226. The molecule has 0 saturated carbocycles. The zero-order valence-electron chi connectivity index (χ0n) is 10.7. The second-order valence-corrected chi connectivity index (χ2v) is 5.08. The van der Waals surface area contributed by atoms with E-state index in [4.69, 9.17) is 11.6 Å². The van der Waals surface area contributed by atoms with E-state index < -0.39 is 0 Å². The first kappa shape index (κ1) is 14.2. The third-order valence-corrected chi connectivity index (χ3v) is 2.90. The van der Waals surface area contributed by atoms with Crippen LogP contribution < -0.4 is 5.32 Å². The Balaban J connectivity index is 2.45. The normalized spacial score (nSPS) is 10.9. The first-order valence-corrected chi connectivity index (χ1v) is 6.37. The second kappa shape index (κ2) is 6.77. The molecule has 0 unspecified atom stereocenters. The maximum Gasteiger partial charge on any atom is 0.138 e. The summed E-state index contributed by atoms with van der Waals surface area (Å²) in [5, 5.41) is 3.92. The minimum atomic E-state index is 0.226. The molecule has 0 aromatic heterocycles. The first-order chi connectivity index (χ1) is 7.99. The maximum atomic E-state index is 11.7. The molecule has 1 aromatic carbocycles. The standard InChI is InChI=1S/C14H20ClNO/c1-10(2)16-7-6-13(17)9-12-5-4-11(3)8-14(12)15/h4-5,8,10,16H,6-7,9H2,1-3H3. The SMILES string of the molecule is Cc1ccc(CC(=O)CCNC(C)C)c(Cl)c1. The van der Waals surface area contributed by atoms with E-state index >= 15 is 0 Å². The summed E-state index contributed by atoms with van der Waals surface area (Å²) in [5.41, 5.74) is 2.04. The van der Waals surface area contributed by atoms with E-state index in [9.17, 15) is 4.79 Å². The van der Waals surface area contributed by atoms with Gasteiger partial charge in [-0.3, -0.25) is 4.79 Å². The van der Waals surface area contributed by atoms with Gasteiger partial charge in [-0.2, -0.15) is 0 Å². The van der Waals surface area contributed by atoms with Gasteiger partial charge in [-0.1, -0.05) is 37.6 Å². The predicted octanol–water partition coefficient (Wildman–Crippen LogP) is 3.15. The summed E-state index contributed by atoms with van der Waals surface area (Å²) in [6.07, 6.45) is 0.987. The Morgan fingerprint density at radius 1 is 1.41 bits per heavy atom. The third kappa shape index (κ3) is 5.33. The van der Waals surface area contributed by atoms with Gasteiger partial charge >= 0.3 is 0 Å². The number of hydrogen-bond acceptors (Lipinski definition) is 2. The highest BCUT2D eigenvalue weighted by Crippen LogP contribution is 2.18. The van der Waals surface area contributed by atoms with Gasteiger partial charge in [0.05, 0.1) is 0 Å². The van der Waals surface area contributed by atoms with Crippen molar-refractivity contribution in [3.8, 4) is 0 Å². The molecular formula is C14H20ClNO. The van der Waals surface area contributed by atoms with Crippen molar-refractivity contribution in [3.05, 3.63) is 34.3 Å². The predicted molar refractivity (Wildman–Crippen MR) is 72.7 cm³/mol. The van der Waals surface area contributed by atoms with Crippen LogP contribution in [0.25, 0.3) is 0 Å². The molecule has 0 heterocycles. The van der Waals surface area contributed by atoms with Crippen LogP contribution in [0.1, 0.15) is 31.4 Å². The fourth-order valence-electron chi connectivity index (χ4n) is 1.60. The van der Waals surface area contributed by atoms with Gasteiger partial charge in [0.2, 0.25) is 0 Å². The van der Waals surface area contributed by atoms with Crippen molar-refractivity contribution >= 4 is 17.4 Å². The number of ketones is 1. The minimum Gasteiger partial charge on any atom is -0.314 e. The molecule has 0 radical (unpaired) electrons. The number of Topliss-reactive ketones (excluding diaryl/α,β-unsaturated/α-hetero) is 1. The number of aryl methyl sites for hydroxylation is 1. The number of hydrogen-bond donors (Lipinski definition) is 1. The van der Waals surface area contributed by atoms with Crippen LogP contribution in [0.3, 0.4) is 0 Å². The molecule has 94 valence electrons. The van der Waals surface area contributed by atoms with Crippen LogP contribution in [0.5, 0.6) is 0 Å². The van der Waals surface area contributed by atoms with Crippen LogP contribution in [0.2, 0.25) is 5.02 Å². The number of halogens is 1. The topological polar surface area (TPSA) is 29.1 Å². The Hall–Kier alpha value is -0.860. The van der Waals surface area contributed by atoms with Crippen LogP contribution in [0.4, 0.5) is 0 Å². The highest BCUT2D eigenvalue weighted by molar-refractivity contribution is 6.31. The van der Waals surface area contributed by atoms with Crippen molar-refractivity contribution in [2.45, 2.75) is 39.7 Å². The Kier molecular flexibility index (Phi) is 5.66. The maximum absolute atomic E-state index is 11.7. The summed E-state index contributed by atoms with van der Waals surface area (Å²) in [6, 6.07) is 6.24. The number of benzene rings is 1. The fourth-order valence-corrected chi connectivity index (χ4v) is 1.90. The molecule has 0 aliphatic heterocycles. The summed E-state index contributed by atoms with van der Waals surface area (Å²) in [5.74, 6) is 0.226. The average molecular weight is 254 g/mol. The van der Waals surface area contributed by atoms with Gasteiger partial charge in [0.25, 0.3) is 0 Å². The van der Waals surface area contributed by atoms with Gasteiger partial charge in [-0.25, -0.2) is 0 Å². The number of carbonyl (C=O) groups excluding carboxylic acids is 1. The summed E-state index contributed by atoms with van der Waals surface area (Å²) >= 11 is 6.09.